The van der Waals surface area contributed by atoms with Crippen molar-refractivity contribution < 1.29 is 23.9 Å². The van der Waals surface area contributed by atoms with E-state index in [1.807, 2.05) is 0 Å². The molecule has 0 saturated heterocycles. The summed E-state index contributed by atoms with van der Waals surface area (Å²) in [6, 6.07) is 0. The molecule has 0 aliphatic carbocycles. The van der Waals surface area contributed by atoms with Crippen LogP contribution in [0.3, 0.4) is 0 Å². The second-order valence-corrected chi connectivity index (χ2v) is 3.92. The highest BCUT2D eigenvalue weighted by Gasteiger charge is 2.33. The van der Waals surface area contributed by atoms with E-state index in [1.165, 1.54) is 0 Å². The molecule has 0 rings (SSSR count). The Kier molecular flexibility index (Phi) is 3.17. The molecule has 4 nitrogen and oxygen atoms in total. The van der Waals surface area contributed by atoms with Gasteiger partial charge < -0.3 is 19.5 Å². The monoisotopic (exact) mass is 179 g/mol. The first-order chi connectivity index (χ1) is 5.12. The van der Waals surface area contributed by atoms with Gasteiger partial charge in [-0.2, -0.15) is 0 Å². The highest BCUT2D eigenvalue weighted by molar-refractivity contribution is 5.65. The number of hydrogen-bond acceptors (Lipinski definition) is 3. The van der Waals surface area contributed by atoms with Crippen LogP contribution in [0.5, 0.6) is 0 Å². The molecule has 12 heavy (non-hydrogen) atoms. The van der Waals surface area contributed by atoms with Gasteiger partial charge in [0.15, 0.2) is 0 Å². The van der Waals surface area contributed by atoms with Crippen LogP contribution < -0.4 is 5.11 Å². The molecule has 0 aromatic heterocycles. The van der Waals surface area contributed by atoms with Crippen LogP contribution in [0.1, 0.15) is 6.42 Å². The number of quaternary nitrogens is 1. The van der Waals surface area contributed by atoms with Gasteiger partial charge in [0.2, 0.25) is 0 Å². The fourth-order valence-corrected chi connectivity index (χ4v) is 1.00. The van der Waals surface area contributed by atoms with Crippen LogP contribution in [0.25, 0.3) is 0 Å². The van der Waals surface area contributed by atoms with Crippen LogP contribution >= 0.6 is 0 Å². The van der Waals surface area contributed by atoms with Gasteiger partial charge in [-0.1, -0.05) is 0 Å². The zero-order valence-corrected chi connectivity index (χ0v) is 7.50. The molecule has 0 saturated carbocycles. The first-order valence-electron chi connectivity index (χ1n) is 3.54. The maximum Gasteiger partial charge on any atom is 0.261 e. The average Bonchev–Trinajstić information content (AvgIpc) is 1.48. The Morgan fingerprint density at radius 2 is 2.00 bits per heavy atom. The predicted molar refractivity (Wildman–Crippen MR) is 38.6 cm³/mol. The summed E-state index contributed by atoms with van der Waals surface area (Å²) in [5.74, 6) is -4.27. The van der Waals surface area contributed by atoms with Gasteiger partial charge in [0, 0.05) is 5.97 Å². The molecule has 1 atom stereocenters. The summed E-state index contributed by atoms with van der Waals surface area (Å²) < 4.78 is 13.1. The van der Waals surface area contributed by atoms with Crippen molar-refractivity contribution >= 4 is 5.97 Å². The van der Waals surface area contributed by atoms with Gasteiger partial charge in [-0.3, -0.25) is 0 Å². The molecule has 5 heteroatoms. The molecule has 0 fully saturated rings. The molecular weight excluding hydrogens is 165 g/mol. The number of hydrogen-bond donors (Lipinski definition) is 1. The predicted octanol–water partition coefficient (Wildman–Crippen LogP) is -1.51. The summed E-state index contributed by atoms with van der Waals surface area (Å²) in [5.41, 5.74) is 0. The number of rotatable bonds is 4. The van der Waals surface area contributed by atoms with Crippen LogP contribution in [0.2, 0.25) is 0 Å². The van der Waals surface area contributed by atoms with Crippen molar-refractivity contribution in [1.29, 1.82) is 0 Å². The quantitative estimate of drug-likeness (QED) is 0.534. The molecule has 72 valence electrons. The number of carboxylic acid groups (broad SMARTS) is 1. The molecule has 0 bridgehead atoms. The lowest BCUT2D eigenvalue weighted by Gasteiger charge is -2.30. The summed E-state index contributed by atoms with van der Waals surface area (Å²) in [7, 11) is 4.96. The van der Waals surface area contributed by atoms with Crippen LogP contribution in [0.4, 0.5) is 4.39 Å². The third-order valence-corrected chi connectivity index (χ3v) is 1.13. The molecule has 0 aliphatic rings. The van der Waals surface area contributed by atoms with E-state index in [0.29, 0.717) is 0 Å². The summed E-state index contributed by atoms with van der Waals surface area (Å²) in [4.78, 5) is 9.98. The second kappa shape index (κ2) is 3.37. The van der Waals surface area contributed by atoms with Crippen molar-refractivity contribution in [3.05, 3.63) is 0 Å². The van der Waals surface area contributed by atoms with E-state index in [4.69, 9.17) is 5.11 Å². The SMILES string of the molecule is C[N+](C)(C)CC(O)(F)CC(=O)[O-]. The summed E-state index contributed by atoms with van der Waals surface area (Å²) >= 11 is 0. The summed E-state index contributed by atoms with van der Waals surface area (Å²) in [6.45, 7) is -0.277. The zero-order valence-electron chi connectivity index (χ0n) is 7.50. The number of nitrogens with zero attached hydrogens (tertiary/aromatic N) is 1. The minimum Gasteiger partial charge on any atom is -0.550 e. The van der Waals surface area contributed by atoms with Gasteiger partial charge in [-0.05, 0) is 0 Å². The maximum absolute atomic E-state index is 13.0. The largest absolute Gasteiger partial charge is 0.550 e. The Labute approximate surface area is 70.8 Å². The van der Waals surface area contributed by atoms with Gasteiger partial charge in [-0.15, -0.1) is 0 Å². The Morgan fingerprint density at radius 3 is 2.25 bits per heavy atom. The van der Waals surface area contributed by atoms with E-state index < -0.39 is 18.2 Å². The number of aliphatic hydroxyl groups is 1. The standard InChI is InChI=1S/C7H14FNO3/c1-9(2,3)5-7(8,12)4-6(10)11/h12H,4-5H2,1-3H3. The number of aliphatic carboxylic acids is 1. The van der Waals surface area contributed by atoms with Crippen molar-refractivity contribution in [2.24, 2.45) is 0 Å². The van der Waals surface area contributed by atoms with Crippen molar-refractivity contribution in [2.45, 2.75) is 12.3 Å². The molecule has 0 aromatic rings. The van der Waals surface area contributed by atoms with E-state index in [-0.39, 0.29) is 11.0 Å². The third-order valence-electron chi connectivity index (χ3n) is 1.13. The third kappa shape index (κ3) is 6.06. The Morgan fingerprint density at radius 1 is 1.58 bits per heavy atom. The van der Waals surface area contributed by atoms with E-state index in [2.05, 4.69) is 0 Å². The highest BCUT2D eigenvalue weighted by Crippen LogP contribution is 2.14. The fourth-order valence-electron chi connectivity index (χ4n) is 1.00. The Hall–Kier alpha value is -0.680. The topological polar surface area (TPSA) is 60.4 Å². The van der Waals surface area contributed by atoms with E-state index in [0.717, 1.165) is 0 Å². The molecule has 1 unspecified atom stereocenters. The normalized spacial score (nSPS) is 17.1. The number of alkyl halides is 1. The number of halogens is 1. The van der Waals surface area contributed by atoms with Gasteiger partial charge >= 0.3 is 0 Å². The van der Waals surface area contributed by atoms with E-state index in [9.17, 15) is 14.3 Å². The van der Waals surface area contributed by atoms with Crippen molar-refractivity contribution in [3.8, 4) is 0 Å². The van der Waals surface area contributed by atoms with E-state index in [1.54, 1.807) is 21.1 Å². The van der Waals surface area contributed by atoms with Crippen molar-refractivity contribution in [1.82, 2.24) is 0 Å². The van der Waals surface area contributed by atoms with Gasteiger partial charge in [0.1, 0.15) is 6.54 Å². The van der Waals surface area contributed by atoms with Crippen molar-refractivity contribution in [3.63, 3.8) is 0 Å². The lowest BCUT2D eigenvalue weighted by atomic mass is 10.2. The van der Waals surface area contributed by atoms with Crippen LogP contribution in [0, 0.1) is 0 Å². The van der Waals surface area contributed by atoms with Crippen LogP contribution in [-0.4, -0.2) is 49.1 Å². The molecule has 1 N–H and O–H groups in total. The van der Waals surface area contributed by atoms with Gasteiger partial charge in [0.05, 0.1) is 27.6 Å². The highest BCUT2D eigenvalue weighted by atomic mass is 19.2. The summed E-state index contributed by atoms with van der Waals surface area (Å²) in [6.07, 6.45) is -0.984. The molecule has 0 amide bonds. The van der Waals surface area contributed by atoms with Gasteiger partial charge in [0.25, 0.3) is 5.85 Å². The molecule has 0 spiro atoms. The smallest absolute Gasteiger partial charge is 0.261 e. The minimum atomic E-state index is -2.68. The average molecular weight is 179 g/mol. The Balaban J connectivity index is 4.13. The first kappa shape index (κ1) is 11.3. The van der Waals surface area contributed by atoms with Crippen LogP contribution in [0.15, 0.2) is 0 Å². The number of carboxylic acids is 1. The summed E-state index contributed by atoms with van der Waals surface area (Å²) in [5, 5.41) is 18.9. The molecule has 0 radical (unpaired) electrons. The lowest BCUT2D eigenvalue weighted by Crippen LogP contribution is -2.49. The van der Waals surface area contributed by atoms with Crippen molar-refractivity contribution in [2.75, 3.05) is 27.7 Å². The maximum atomic E-state index is 13.0. The number of likely N-dealkylation sites (N-methyl/N-ethyl adjacent to an activating group) is 1. The number of carbonyl (C=O) groups is 1. The van der Waals surface area contributed by atoms with Crippen LogP contribution in [-0.2, 0) is 4.79 Å². The first-order valence-corrected chi connectivity index (χ1v) is 3.54. The zero-order chi connectivity index (χ0) is 9.99. The van der Waals surface area contributed by atoms with Gasteiger partial charge in [-0.25, -0.2) is 4.39 Å². The molecule has 0 aliphatic heterocycles. The molecule has 0 heterocycles. The Bertz CT molecular complexity index is 174. The molecule has 0 aromatic carbocycles. The lowest BCUT2D eigenvalue weighted by molar-refractivity contribution is -0.879. The molecular formula is C7H14FNO3. The second-order valence-electron chi connectivity index (χ2n) is 3.92. The van der Waals surface area contributed by atoms with E-state index >= 15 is 0 Å². The minimum absolute atomic E-state index is 0.153. The fraction of sp³-hybridized carbons (Fsp3) is 0.857. The number of carbonyl (C=O) groups excluding carboxylic acids is 1.